The van der Waals surface area contributed by atoms with Crippen LogP contribution in [0, 0.1) is 0 Å². The highest BCUT2D eigenvalue weighted by Gasteiger charge is 2.35. The molecule has 0 saturated carbocycles. The molecule has 29 heavy (non-hydrogen) atoms. The minimum absolute atomic E-state index is 0.0316. The summed E-state index contributed by atoms with van der Waals surface area (Å²) < 4.78 is 43.5. The van der Waals surface area contributed by atoms with E-state index in [1.165, 1.54) is 17.7 Å². The zero-order valence-electron chi connectivity index (χ0n) is 15.6. The Balaban J connectivity index is 1.37. The largest absolute Gasteiger partial charge is 0.412 e. The Bertz CT molecular complexity index is 901. The summed E-state index contributed by atoms with van der Waals surface area (Å²) in [5.41, 5.74) is 1.24. The van der Waals surface area contributed by atoms with Gasteiger partial charge in [-0.25, -0.2) is 4.79 Å². The maximum Gasteiger partial charge on any atom is 0.412 e. The van der Waals surface area contributed by atoms with Gasteiger partial charge in [-0.15, -0.1) is 5.10 Å². The number of alkyl halides is 3. The molecule has 154 valence electrons. The monoisotopic (exact) mass is 407 g/mol. The fourth-order valence-corrected chi connectivity index (χ4v) is 3.46. The molecule has 2 aliphatic rings. The predicted octanol–water partition coefficient (Wildman–Crippen LogP) is 4.06. The summed E-state index contributed by atoms with van der Waals surface area (Å²) in [6.45, 7) is 1.94. The van der Waals surface area contributed by atoms with Crippen molar-refractivity contribution >= 4 is 17.7 Å². The van der Waals surface area contributed by atoms with E-state index in [0.717, 1.165) is 30.4 Å². The van der Waals surface area contributed by atoms with Gasteiger partial charge in [0, 0.05) is 43.0 Å². The topological polar surface area (TPSA) is 74.5 Å². The normalized spacial score (nSPS) is 17.4. The minimum atomic E-state index is -4.35. The lowest BCUT2D eigenvalue weighted by Gasteiger charge is -2.26. The number of nitrogens with one attached hydrogen (secondary N) is 1. The van der Waals surface area contributed by atoms with E-state index >= 15 is 0 Å². The molecule has 0 unspecified atom stereocenters. The van der Waals surface area contributed by atoms with E-state index < -0.39 is 17.8 Å². The molecule has 0 atom stereocenters. The number of benzene rings is 1. The van der Waals surface area contributed by atoms with Crippen molar-refractivity contribution in [1.29, 1.82) is 0 Å². The molecule has 1 aromatic carbocycles. The van der Waals surface area contributed by atoms with Crippen LogP contribution < -0.4 is 10.2 Å². The van der Waals surface area contributed by atoms with Crippen LogP contribution in [0.1, 0.15) is 19.3 Å². The Kier molecular flexibility index (Phi) is 5.16. The molecular formula is C19H20F3N5O2. The van der Waals surface area contributed by atoms with Crippen molar-refractivity contribution in [2.75, 3.05) is 36.4 Å². The van der Waals surface area contributed by atoms with Gasteiger partial charge in [0.15, 0.2) is 0 Å². The molecule has 0 aliphatic carbocycles. The molecule has 1 N–H and O–H groups in total. The van der Waals surface area contributed by atoms with Gasteiger partial charge in [-0.1, -0.05) is 11.2 Å². The lowest BCUT2D eigenvalue weighted by molar-refractivity contribution is -0.0956. The average Bonchev–Trinajstić information content (AvgIpc) is 3.40. The minimum Gasteiger partial charge on any atom is -0.403 e. The van der Waals surface area contributed by atoms with Gasteiger partial charge < -0.3 is 14.2 Å². The molecule has 1 fully saturated rings. The number of amides is 2. The molecule has 3 heterocycles. The molecule has 2 aliphatic heterocycles. The van der Waals surface area contributed by atoms with Crippen LogP contribution in [0.2, 0.25) is 0 Å². The highest BCUT2D eigenvalue weighted by atomic mass is 19.4. The fraction of sp³-hybridized carbons (Fsp3) is 0.421. The standard InChI is InChI=1S/C19H20F3N5O2/c20-19(21,22)14-7-11-27(12-8-14)18(28)23-17-25-24-16(29-17)13-3-5-15(6-4-13)26-9-1-2-10-26/h3-7H,1-2,8-12H2,(H,23,25,28). The predicted molar refractivity (Wildman–Crippen MR) is 101 cm³/mol. The summed E-state index contributed by atoms with van der Waals surface area (Å²) in [6, 6.07) is 7.05. The summed E-state index contributed by atoms with van der Waals surface area (Å²) in [4.78, 5) is 15.8. The van der Waals surface area contributed by atoms with E-state index in [9.17, 15) is 18.0 Å². The molecule has 1 aromatic heterocycles. The van der Waals surface area contributed by atoms with Crippen LogP contribution in [0.15, 0.2) is 40.3 Å². The maximum absolute atomic E-state index is 12.7. The van der Waals surface area contributed by atoms with Gasteiger partial charge >= 0.3 is 18.2 Å². The first kappa shape index (κ1) is 19.3. The second kappa shape index (κ2) is 7.76. The molecule has 0 spiro atoms. The zero-order valence-corrected chi connectivity index (χ0v) is 15.6. The van der Waals surface area contributed by atoms with Crippen molar-refractivity contribution in [2.24, 2.45) is 0 Å². The second-order valence-corrected chi connectivity index (χ2v) is 7.01. The first-order valence-electron chi connectivity index (χ1n) is 9.41. The lowest BCUT2D eigenvalue weighted by Crippen LogP contribution is -2.39. The van der Waals surface area contributed by atoms with Crippen LogP contribution in [-0.2, 0) is 0 Å². The smallest absolute Gasteiger partial charge is 0.403 e. The molecule has 2 amide bonds. The van der Waals surface area contributed by atoms with E-state index in [1.54, 1.807) is 0 Å². The van der Waals surface area contributed by atoms with Crippen LogP contribution in [0.5, 0.6) is 0 Å². The third kappa shape index (κ3) is 4.36. The zero-order chi connectivity index (χ0) is 20.4. The van der Waals surface area contributed by atoms with Gasteiger partial charge in [-0.3, -0.25) is 5.32 Å². The van der Waals surface area contributed by atoms with Crippen LogP contribution in [0.25, 0.3) is 11.5 Å². The quantitative estimate of drug-likeness (QED) is 0.777. The van der Waals surface area contributed by atoms with Crippen molar-refractivity contribution in [1.82, 2.24) is 15.1 Å². The summed E-state index contributed by atoms with van der Waals surface area (Å²) in [6.07, 6.45) is -1.19. The summed E-state index contributed by atoms with van der Waals surface area (Å²) >= 11 is 0. The number of anilines is 2. The molecule has 4 rings (SSSR count). The molecular weight excluding hydrogens is 387 g/mol. The number of urea groups is 1. The third-order valence-electron chi connectivity index (χ3n) is 5.08. The van der Waals surface area contributed by atoms with E-state index in [-0.39, 0.29) is 31.4 Å². The Morgan fingerprint density at radius 3 is 2.41 bits per heavy atom. The van der Waals surface area contributed by atoms with Crippen LogP contribution in [0.3, 0.4) is 0 Å². The van der Waals surface area contributed by atoms with Crippen molar-refractivity contribution in [3.63, 3.8) is 0 Å². The summed E-state index contributed by atoms with van der Waals surface area (Å²) in [5.74, 6) is 0.256. The van der Waals surface area contributed by atoms with E-state index in [2.05, 4.69) is 20.4 Å². The highest BCUT2D eigenvalue weighted by molar-refractivity contribution is 5.87. The molecule has 0 bridgehead atoms. The van der Waals surface area contributed by atoms with Crippen molar-refractivity contribution < 1.29 is 22.4 Å². The van der Waals surface area contributed by atoms with Gasteiger partial charge in [0.05, 0.1) is 0 Å². The molecule has 1 saturated heterocycles. The van der Waals surface area contributed by atoms with Crippen LogP contribution in [0.4, 0.5) is 29.7 Å². The first-order chi connectivity index (χ1) is 13.9. The summed E-state index contributed by atoms with van der Waals surface area (Å²) in [7, 11) is 0. The fourth-order valence-electron chi connectivity index (χ4n) is 3.46. The Morgan fingerprint density at radius 2 is 1.79 bits per heavy atom. The number of aromatic nitrogens is 2. The number of hydrogen-bond donors (Lipinski definition) is 1. The van der Waals surface area contributed by atoms with Crippen molar-refractivity contribution in [3.8, 4) is 11.5 Å². The maximum atomic E-state index is 12.7. The number of rotatable bonds is 3. The average molecular weight is 407 g/mol. The molecule has 7 nitrogen and oxygen atoms in total. The Labute approximate surface area is 165 Å². The number of carbonyl (C=O) groups is 1. The molecule has 10 heteroatoms. The number of carbonyl (C=O) groups excluding carboxylic acids is 1. The van der Waals surface area contributed by atoms with Gasteiger partial charge in [0.2, 0.25) is 5.89 Å². The van der Waals surface area contributed by atoms with Gasteiger partial charge in [-0.2, -0.15) is 13.2 Å². The molecule has 2 aromatic rings. The van der Waals surface area contributed by atoms with Gasteiger partial charge in [0.25, 0.3) is 0 Å². The van der Waals surface area contributed by atoms with E-state index in [0.29, 0.717) is 0 Å². The number of nitrogens with zero attached hydrogens (tertiary/aromatic N) is 4. The van der Waals surface area contributed by atoms with Gasteiger partial charge in [-0.05, 0) is 43.5 Å². The Hall–Kier alpha value is -3.04. The van der Waals surface area contributed by atoms with E-state index in [4.69, 9.17) is 4.42 Å². The van der Waals surface area contributed by atoms with Crippen LogP contribution in [-0.4, -0.2) is 53.5 Å². The van der Waals surface area contributed by atoms with Gasteiger partial charge in [0.1, 0.15) is 0 Å². The van der Waals surface area contributed by atoms with Crippen molar-refractivity contribution in [2.45, 2.75) is 25.4 Å². The SMILES string of the molecule is O=C(Nc1nnc(-c2ccc(N3CCCC3)cc2)o1)N1CC=C(C(F)(F)F)CC1. The van der Waals surface area contributed by atoms with Crippen molar-refractivity contribution in [3.05, 3.63) is 35.9 Å². The van der Waals surface area contributed by atoms with E-state index in [1.807, 2.05) is 24.3 Å². The molecule has 0 radical (unpaired) electrons. The third-order valence-corrected chi connectivity index (χ3v) is 5.08. The lowest BCUT2D eigenvalue weighted by atomic mass is 10.1. The number of halogens is 3. The Morgan fingerprint density at radius 1 is 1.07 bits per heavy atom. The first-order valence-corrected chi connectivity index (χ1v) is 9.41. The highest BCUT2D eigenvalue weighted by Crippen LogP contribution is 2.30. The summed E-state index contributed by atoms with van der Waals surface area (Å²) in [5, 5.41) is 10.2. The van der Waals surface area contributed by atoms with Crippen LogP contribution >= 0.6 is 0 Å². The number of hydrogen-bond acceptors (Lipinski definition) is 5. The second-order valence-electron chi connectivity index (χ2n) is 7.01.